The van der Waals surface area contributed by atoms with Gasteiger partial charge in [0.05, 0.1) is 12.7 Å². The Morgan fingerprint density at radius 1 is 1.04 bits per heavy atom. The normalized spacial score (nSPS) is 11.2. The van der Waals surface area contributed by atoms with Gasteiger partial charge in [-0.3, -0.25) is 14.4 Å². The van der Waals surface area contributed by atoms with Gasteiger partial charge in [-0.05, 0) is 38.1 Å². The summed E-state index contributed by atoms with van der Waals surface area (Å²) in [6.07, 6.45) is -0.998. The Morgan fingerprint density at radius 2 is 1.70 bits per heavy atom. The molecule has 2 aromatic rings. The Labute approximate surface area is 157 Å². The second-order valence-electron chi connectivity index (χ2n) is 5.87. The SMILES string of the molecule is COc1ccccc1C(=O)NCC(=O)O[C@@H](C)C(=O)Nc1ccc(C)cc1. The van der Waals surface area contributed by atoms with Crippen LogP contribution >= 0.6 is 0 Å². The Morgan fingerprint density at radius 3 is 2.37 bits per heavy atom. The molecule has 2 rings (SSSR count). The number of carbonyl (C=O) groups excluding carboxylic acids is 3. The minimum atomic E-state index is -0.998. The zero-order valence-electron chi connectivity index (χ0n) is 15.4. The van der Waals surface area contributed by atoms with E-state index in [1.54, 1.807) is 36.4 Å². The number of methoxy groups -OCH3 is 1. The smallest absolute Gasteiger partial charge is 0.326 e. The van der Waals surface area contributed by atoms with Gasteiger partial charge in [-0.15, -0.1) is 0 Å². The van der Waals surface area contributed by atoms with E-state index in [0.717, 1.165) is 5.56 Å². The van der Waals surface area contributed by atoms with Crippen LogP contribution < -0.4 is 15.4 Å². The fourth-order valence-electron chi connectivity index (χ4n) is 2.25. The predicted molar refractivity (Wildman–Crippen MR) is 101 cm³/mol. The van der Waals surface area contributed by atoms with E-state index in [1.165, 1.54) is 14.0 Å². The molecule has 0 fully saturated rings. The highest BCUT2D eigenvalue weighted by atomic mass is 16.5. The zero-order valence-corrected chi connectivity index (χ0v) is 15.4. The number of esters is 1. The van der Waals surface area contributed by atoms with Crippen LogP contribution in [0.1, 0.15) is 22.8 Å². The second kappa shape index (κ2) is 9.38. The Bertz CT molecular complexity index is 817. The van der Waals surface area contributed by atoms with E-state index >= 15 is 0 Å². The van der Waals surface area contributed by atoms with Crippen LogP contribution in [0.25, 0.3) is 0 Å². The number of aryl methyl sites for hydroxylation is 1. The monoisotopic (exact) mass is 370 g/mol. The fraction of sp³-hybridized carbons (Fsp3) is 0.250. The molecule has 0 saturated heterocycles. The topological polar surface area (TPSA) is 93.7 Å². The summed E-state index contributed by atoms with van der Waals surface area (Å²) in [4.78, 5) is 36.1. The average Bonchev–Trinajstić information content (AvgIpc) is 2.67. The molecule has 2 N–H and O–H groups in total. The maximum absolute atomic E-state index is 12.1. The molecule has 1 atom stereocenters. The van der Waals surface area contributed by atoms with Crippen LogP contribution in [0.3, 0.4) is 0 Å². The summed E-state index contributed by atoms with van der Waals surface area (Å²) in [5.74, 6) is -1.25. The number of hydrogen-bond acceptors (Lipinski definition) is 5. The van der Waals surface area contributed by atoms with Gasteiger partial charge in [-0.1, -0.05) is 29.8 Å². The molecule has 7 nitrogen and oxygen atoms in total. The summed E-state index contributed by atoms with van der Waals surface area (Å²) in [5.41, 5.74) is 1.98. The molecular formula is C20H22N2O5. The molecule has 2 amide bonds. The third-order valence-corrected chi connectivity index (χ3v) is 3.74. The molecule has 7 heteroatoms. The molecule has 0 unspecified atom stereocenters. The summed E-state index contributed by atoms with van der Waals surface area (Å²) in [6.45, 7) is 3.04. The first-order valence-corrected chi connectivity index (χ1v) is 8.39. The van der Waals surface area contributed by atoms with Gasteiger partial charge in [-0.2, -0.15) is 0 Å². The maximum atomic E-state index is 12.1. The van der Waals surface area contributed by atoms with Gasteiger partial charge in [0.1, 0.15) is 12.3 Å². The highest BCUT2D eigenvalue weighted by Crippen LogP contribution is 2.16. The number of rotatable bonds is 7. The molecule has 0 aliphatic rings. The van der Waals surface area contributed by atoms with Gasteiger partial charge in [0.2, 0.25) is 0 Å². The van der Waals surface area contributed by atoms with E-state index in [1.807, 2.05) is 19.1 Å². The van der Waals surface area contributed by atoms with Crippen molar-refractivity contribution in [2.24, 2.45) is 0 Å². The highest BCUT2D eigenvalue weighted by molar-refractivity contribution is 5.99. The molecule has 0 saturated carbocycles. The maximum Gasteiger partial charge on any atom is 0.326 e. The van der Waals surface area contributed by atoms with E-state index < -0.39 is 23.9 Å². The van der Waals surface area contributed by atoms with Crippen LogP contribution in [0, 0.1) is 6.92 Å². The molecule has 27 heavy (non-hydrogen) atoms. The first-order chi connectivity index (χ1) is 12.9. The first kappa shape index (κ1) is 20.0. The van der Waals surface area contributed by atoms with Crippen molar-refractivity contribution in [2.75, 3.05) is 19.0 Å². The summed E-state index contributed by atoms with van der Waals surface area (Å²) in [7, 11) is 1.45. The Kier molecular flexibility index (Phi) is 6.93. The third-order valence-electron chi connectivity index (χ3n) is 3.74. The lowest BCUT2D eigenvalue weighted by Crippen LogP contribution is -2.35. The van der Waals surface area contributed by atoms with Crippen LogP contribution in [-0.2, 0) is 14.3 Å². The van der Waals surface area contributed by atoms with Gasteiger partial charge in [0.25, 0.3) is 11.8 Å². The lowest BCUT2D eigenvalue weighted by Gasteiger charge is -2.14. The lowest BCUT2D eigenvalue weighted by molar-refractivity contribution is -0.152. The van der Waals surface area contributed by atoms with Gasteiger partial charge < -0.3 is 20.1 Å². The summed E-state index contributed by atoms with van der Waals surface area (Å²) in [6, 6.07) is 13.9. The molecule has 0 aliphatic carbocycles. The van der Waals surface area contributed by atoms with Crippen molar-refractivity contribution in [2.45, 2.75) is 20.0 Å². The first-order valence-electron chi connectivity index (χ1n) is 8.39. The second-order valence-corrected chi connectivity index (χ2v) is 5.87. The minimum absolute atomic E-state index is 0.304. The minimum Gasteiger partial charge on any atom is -0.496 e. The summed E-state index contributed by atoms with van der Waals surface area (Å²) < 4.78 is 10.2. The molecule has 2 aromatic carbocycles. The van der Waals surface area contributed by atoms with E-state index in [2.05, 4.69) is 10.6 Å². The molecule has 0 heterocycles. The molecule has 0 aliphatic heterocycles. The molecule has 0 spiro atoms. The van der Waals surface area contributed by atoms with Gasteiger partial charge in [-0.25, -0.2) is 0 Å². The molecule has 0 aromatic heterocycles. The highest BCUT2D eigenvalue weighted by Gasteiger charge is 2.19. The van der Waals surface area contributed by atoms with Crippen molar-refractivity contribution in [3.8, 4) is 5.75 Å². The number of benzene rings is 2. The van der Waals surface area contributed by atoms with Crippen molar-refractivity contribution in [3.63, 3.8) is 0 Å². The molecular weight excluding hydrogens is 348 g/mol. The van der Waals surface area contributed by atoms with Crippen molar-refractivity contribution >= 4 is 23.5 Å². The van der Waals surface area contributed by atoms with E-state index in [-0.39, 0.29) is 6.54 Å². The average molecular weight is 370 g/mol. The van der Waals surface area contributed by atoms with Crippen LogP contribution in [0.5, 0.6) is 5.75 Å². The van der Waals surface area contributed by atoms with Crippen LogP contribution in [0.15, 0.2) is 48.5 Å². The van der Waals surface area contributed by atoms with Crippen LogP contribution in [-0.4, -0.2) is 37.5 Å². The van der Waals surface area contributed by atoms with E-state index in [4.69, 9.17) is 9.47 Å². The Balaban J connectivity index is 1.83. The van der Waals surface area contributed by atoms with E-state index in [9.17, 15) is 14.4 Å². The predicted octanol–water partition coefficient (Wildman–Crippen LogP) is 2.30. The number of para-hydroxylation sites is 1. The van der Waals surface area contributed by atoms with Gasteiger partial charge in [0, 0.05) is 5.69 Å². The third kappa shape index (κ3) is 5.85. The molecule has 0 bridgehead atoms. The number of ether oxygens (including phenoxy) is 2. The zero-order chi connectivity index (χ0) is 19.8. The van der Waals surface area contributed by atoms with Crippen LogP contribution in [0.2, 0.25) is 0 Å². The van der Waals surface area contributed by atoms with Crippen LogP contribution in [0.4, 0.5) is 5.69 Å². The van der Waals surface area contributed by atoms with E-state index in [0.29, 0.717) is 17.0 Å². The summed E-state index contributed by atoms with van der Waals surface area (Å²) in [5, 5.41) is 5.11. The lowest BCUT2D eigenvalue weighted by atomic mass is 10.2. The molecule has 142 valence electrons. The molecule has 0 radical (unpaired) electrons. The van der Waals surface area contributed by atoms with Crippen molar-refractivity contribution < 1.29 is 23.9 Å². The van der Waals surface area contributed by atoms with Gasteiger partial charge in [0.15, 0.2) is 6.10 Å². The summed E-state index contributed by atoms with van der Waals surface area (Å²) >= 11 is 0. The largest absolute Gasteiger partial charge is 0.496 e. The number of carbonyl (C=O) groups is 3. The van der Waals surface area contributed by atoms with Crippen molar-refractivity contribution in [1.82, 2.24) is 5.32 Å². The Hall–Kier alpha value is -3.35. The fourth-order valence-corrected chi connectivity index (χ4v) is 2.25. The van der Waals surface area contributed by atoms with Crippen molar-refractivity contribution in [1.29, 1.82) is 0 Å². The number of amides is 2. The number of nitrogens with one attached hydrogen (secondary N) is 2. The number of hydrogen-bond donors (Lipinski definition) is 2. The quantitative estimate of drug-likeness (QED) is 0.730. The van der Waals surface area contributed by atoms with Crippen molar-refractivity contribution in [3.05, 3.63) is 59.7 Å². The standard InChI is InChI=1S/C20H22N2O5/c1-13-8-10-15(11-9-13)22-19(24)14(2)27-18(23)12-21-20(25)16-6-4-5-7-17(16)26-3/h4-11,14H,12H2,1-3H3,(H,21,25)(H,22,24)/t14-/m0/s1. The number of anilines is 1. The van der Waals surface area contributed by atoms with Gasteiger partial charge >= 0.3 is 5.97 Å².